The lowest BCUT2D eigenvalue weighted by Gasteiger charge is -2.05. The van der Waals surface area contributed by atoms with Gasteiger partial charge < -0.3 is 16.4 Å². The number of halogens is 1. The van der Waals surface area contributed by atoms with Crippen molar-refractivity contribution in [2.75, 3.05) is 5.32 Å². The first kappa shape index (κ1) is 15.6. The summed E-state index contributed by atoms with van der Waals surface area (Å²) in [6, 6.07) is 19.3. The van der Waals surface area contributed by atoms with E-state index in [1.165, 1.54) is 0 Å². The van der Waals surface area contributed by atoms with Gasteiger partial charge in [-0.1, -0.05) is 48.5 Å². The normalized spacial score (nSPS) is 12.4. The molecule has 0 saturated carbocycles. The Morgan fingerprint density at radius 2 is 1.64 bits per heavy atom. The number of aliphatic imine (C=N–C) groups is 1. The SMILES string of the molecule is NC(=NC(=NCl)NC=Cc1ccccc1)Nc1ccccc1. The zero-order chi connectivity index (χ0) is 15.6. The third kappa shape index (κ3) is 5.30. The molecular formula is C16H16ClN5. The minimum Gasteiger partial charge on any atom is -0.369 e. The monoisotopic (exact) mass is 313 g/mol. The van der Waals surface area contributed by atoms with Crippen LogP contribution >= 0.6 is 11.8 Å². The van der Waals surface area contributed by atoms with Gasteiger partial charge in [-0.2, -0.15) is 4.99 Å². The molecule has 0 bridgehead atoms. The molecule has 22 heavy (non-hydrogen) atoms. The lowest BCUT2D eigenvalue weighted by molar-refractivity contribution is 1.24. The molecule has 2 aromatic carbocycles. The Hall–Kier alpha value is -2.79. The second-order valence-electron chi connectivity index (χ2n) is 4.28. The second-order valence-corrected chi connectivity index (χ2v) is 4.45. The fraction of sp³-hybridized carbons (Fsp3) is 0. The van der Waals surface area contributed by atoms with E-state index in [9.17, 15) is 0 Å². The molecular weight excluding hydrogens is 298 g/mol. The van der Waals surface area contributed by atoms with Crippen LogP contribution in [0.4, 0.5) is 5.69 Å². The Bertz CT molecular complexity index is 665. The zero-order valence-corrected chi connectivity index (χ0v) is 12.5. The summed E-state index contributed by atoms with van der Waals surface area (Å²) < 4.78 is 3.52. The van der Waals surface area contributed by atoms with Gasteiger partial charge in [0, 0.05) is 23.7 Å². The topological polar surface area (TPSA) is 74.8 Å². The maximum Gasteiger partial charge on any atom is 0.242 e. The van der Waals surface area contributed by atoms with E-state index in [4.69, 9.17) is 17.5 Å². The molecule has 0 radical (unpaired) electrons. The average Bonchev–Trinajstić information content (AvgIpc) is 2.56. The van der Waals surface area contributed by atoms with Crippen LogP contribution in [0.15, 0.2) is 76.4 Å². The van der Waals surface area contributed by atoms with E-state index in [-0.39, 0.29) is 11.9 Å². The van der Waals surface area contributed by atoms with E-state index >= 15 is 0 Å². The van der Waals surface area contributed by atoms with Crippen LogP contribution in [-0.2, 0) is 0 Å². The van der Waals surface area contributed by atoms with Gasteiger partial charge >= 0.3 is 0 Å². The van der Waals surface area contributed by atoms with Gasteiger partial charge in [-0.15, -0.1) is 4.51 Å². The van der Waals surface area contributed by atoms with Crippen LogP contribution < -0.4 is 16.4 Å². The number of benzene rings is 2. The van der Waals surface area contributed by atoms with Crippen molar-refractivity contribution in [1.29, 1.82) is 0 Å². The Labute approximate surface area is 134 Å². The molecule has 6 heteroatoms. The quantitative estimate of drug-likeness (QED) is 0.602. The first-order valence-corrected chi connectivity index (χ1v) is 6.95. The summed E-state index contributed by atoms with van der Waals surface area (Å²) in [5.74, 6) is 0.376. The van der Waals surface area contributed by atoms with Gasteiger partial charge in [0.05, 0.1) is 0 Å². The van der Waals surface area contributed by atoms with Crippen LogP contribution in [0.3, 0.4) is 0 Å². The second kappa shape index (κ2) is 8.49. The van der Waals surface area contributed by atoms with Crippen molar-refractivity contribution >= 4 is 35.5 Å². The molecule has 0 atom stereocenters. The predicted molar refractivity (Wildman–Crippen MR) is 93.6 cm³/mol. The molecule has 0 spiro atoms. The third-order valence-corrected chi connectivity index (χ3v) is 2.80. The summed E-state index contributed by atoms with van der Waals surface area (Å²) in [7, 11) is 0. The van der Waals surface area contributed by atoms with Crippen molar-refractivity contribution in [3.05, 3.63) is 72.4 Å². The fourth-order valence-corrected chi connectivity index (χ4v) is 1.75. The zero-order valence-electron chi connectivity index (χ0n) is 11.8. The molecule has 2 aromatic rings. The first-order valence-electron chi connectivity index (χ1n) is 6.61. The highest BCUT2D eigenvalue weighted by Gasteiger charge is 1.97. The van der Waals surface area contributed by atoms with Gasteiger partial charge in [0.15, 0.2) is 0 Å². The third-order valence-electron chi connectivity index (χ3n) is 2.64. The van der Waals surface area contributed by atoms with Crippen LogP contribution in [0.2, 0.25) is 0 Å². The number of anilines is 1. The Morgan fingerprint density at radius 1 is 1.00 bits per heavy atom. The Balaban J connectivity index is 1.94. The number of hydrogen-bond acceptors (Lipinski definition) is 1. The van der Waals surface area contributed by atoms with Gasteiger partial charge in [0.25, 0.3) is 0 Å². The molecule has 0 saturated heterocycles. The van der Waals surface area contributed by atoms with Gasteiger partial charge in [0.2, 0.25) is 11.9 Å². The van der Waals surface area contributed by atoms with Crippen LogP contribution in [0.25, 0.3) is 6.08 Å². The number of guanidine groups is 2. The summed E-state index contributed by atoms with van der Waals surface area (Å²) in [6.45, 7) is 0. The predicted octanol–water partition coefficient (Wildman–Crippen LogP) is 3.18. The van der Waals surface area contributed by atoms with E-state index in [1.807, 2.05) is 66.7 Å². The van der Waals surface area contributed by atoms with Crippen molar-refractivity contribution < 1.29 is 0 Å². The van der Waals surface area contributed by atoms with Crippen LogP contribution in [0.5, 0.6) is 0 Å². The van der Waals surface area contributed by atoms with Crippen molar-refractivity contribution in [2.24, 2.45) is 15.2 Å². The van der Waals surface area contributed by atoms with Gasteiger partial charge in [-0.05, 0) is 23.8 Å². The van der Waals surface area contributed by atoms with E-state index in [2.05, 4.69) is 20.1 Å². The summed E-state index contributed by atoms with van der Waals surface area (Å²) in [5.41, 5.74) is 7.68. The minimum absolute atomic E-state index is 0.186. The maximum absolute atomic E-state index is 5.80. The standard InChI is InChI=1S/C16H16ClN5/c17-22-16(19-12-11-13-7-3-1-4-8-13)21-15(18)20-14-9-5-2-6-10-14/h1-12H,(H4,18,19,20,21,22). The van der Waals surface area contributed by atoms with Crippen LogP contribution in [0.1, 0.15) is 5.56 Å². The number of para-hydroxylation sites is 1. The minimum atomic E-state index is 0.186. The number of nitrogens with one attached hydrogen (secondary N) is 2. The molecule has 2 rings (SSSR count). The molecule has 5 nitrogen and oxygen atoms in total. The van der Waals surface area contributed by atoms with E-state index < -0.39 is 0 Å². The highest BCUT2D eigenvalue weighted by Crippen LogP contribution is 2.04. The van der Waals surface area contributed by atoms with E-state index in [0.717, 1.165) is 11.3 Å². The Kier molecular flexibility index (Phi) is 6.02. The van der Waals surface area contributed by atoms with Gasteiger partial charge in [-0.25, -0.2) is 0 Å². The van der Waals surface area contributed by atoms with Crippen molar-refractivity contribution in [3.63, 3.8) is 0 Å². The molecule has 0 unspecified atom stereocenters. The number of nitrogens with two attached hydrogens (primary N) is 1. The lowest BCUT2D eigenvalue weighted by atomic mass is 10.2. The number of nitrogens with zero attached hydrogens (tertiary/aromatic N) is 2. The summed E-state index contributed by atoms with van der Waals surface area (Å²) in [5, 5.41) is 5.80. The van der Waals surface area contributed by atoms with Crippen molar-refractivity contribution in [3.8, 4) is 0 Å². The molecule has 0 aliphatic carbocycles. The largest absolute Gasteiger partial charge is 0.369 e. The van der Waals surface area contributed by atoms with Gasteiger partial charge in [0.1, 0.15) is 0 Å². The molecule has 0 amide bonds. The highest BCUT2D eigenvalue weighted by atomic mass is 35.5. The summed E-state index contributed by atoms with van der Waals surface area (Å²) in [4.78, 5) is 4.06. The first-order chi connectivity index (χ1) is 10.8. The van der Waals surface area contributed by atoms with Crippen molar-refractivity contribution in [2.45, 2.75) is 0 Å². The molecule has 0 heterocycles. The Morgan fingerprint density at radius 3 is 2.27 bits per heavy atom. The van der Waals surface area contributed by atoms with Crippen LogP contribution in [-0.4, -0.2) is 11.9 Å². The molecule has 0 aliphatic heterocycles. The lowest BCUT2D eigenvalue weighted by Crippen LogP contribution is -2.27. The average molecular weight is 314 g/mol. The fourth-order valence-electron chi connectivity index (χ4n) is 1.66. The highest BCUT2D eigenvalue weighted by molar-refractivity contribution is 6.20. The summed E-state index contributed by atoms with van der Waals surface area (Å²) in [6.07, 6.45) is 3.56. The molecule has 0 fully saturated rings. The summed E-state index contributed by atoms with van der Waals surface area (Å²) >= 11 is 5.50. The number of rotatable bonds is 3. The number of hydrogen-bond donors (Lipinski definition) is 3. The van der Waals surface area contributed by atoms with E-state index in [0.29, 0.717) is 0 Å². The van der Waals surface area contributed by atoms with Gasteiger partial charge in [-0.3, -0.25) is 0 Å². The maximum atomic E-state index is 5.80. The smallest absolute Gasteiger partial charge is 0.242 e. The molecule has 0 aromatic heterocycles. The molecule has 0 aliphatic rings. The van der Waals surface area contributed by atoms with E-state index in [1.54, 1.807) is 6.20 Å². The van der Waals surface area contributed by atoms with Crippen molar-refractivity contribution in [1.82, 2.24) is 5.32 Å². The molecule has 112 valence electrons. The molecule has 4 N–H and O–H groups in total. The van der Waals surface area contributed by atoms with Crippen LogP contribution in [0, 0.1) is 0 Å².